The highest BCUT2D eigenvalue weighted by molar-refractivity contribution is 4.92. The van der Waals surface area contributed by atoms with Gasteiger partial charge in [0.15, 0.2) is 0 Å². The molecule has 1 unspecified atom stereocenters. The Morgan fingerprint density at radius 3 is 1.46 bits per heavy atom. The second-order valence-electron chi connectivity index (χ2n) is 8.34. The zero-order valence-corrected chi connectivity index (χ0v) is 19.0. The number of aliphatic hydroxyl groups excluding tert-OH is 2. The quantitative estimate of drug-likeness (QED) is 0.136. The van der Waals surface area contributed by atoms with Gasteiger partial charge in [-0.1, -0.05) is 122 Å². The summed E-state index contributed by atoms with van der Waals surface area (Å²) < 4.78 is 0. The molecule has 168 valence electrons. The topological polar surface area (TPSA) is 52.5 Å². The van der Waals surface area contributed by atoms with Crippen molar-refractivity contribution in [2.45, 2.75) is 129 Å². The summed E-state index contributed by atoms with van der Waals surface area (Å²) in [5, 5.41) is 21.1. The Bertz CT molecular complexity index is 307. The van der Waals surface area contributed by atoms with E-state index in [-0.39, 0.29) is 19.3 Å². The molecule has 0 saturated carbocycles. The van der Waals surface area contributed by atoms with Gasteiger partial charge in [0.1, 0.15) is 0 Å². The molecular weight excluding hydrogens is 346 g/mol. The molecule has 0 bridgehead atoms. The number of rotatable bonds is 23. The van der Waals surface area contributed by atoms with Gasteiger partial charge in [0.25, 0.3) is 0 Å². The van der Waals surface area contributed by atoms with Gasteiger partial charge in [-0.2, -0.15) is 0 Å². The lowest BCUT2D eigenvalue weighted by Gasteiger charge is -2.10. The number of nitrogens with one attached hydrogen (secondary N) is 1. The molecule has 0 aliphatic heterocycles. The van der Waals surface area contributed by atoms with E-state index in [2.05, 4.69) is 18.3 Å². The highest BCUT2D eigenvalue weighted by atomic mass is 16.3. The predicted octanol–water partition coefficient (Wildman–Crippen LogP) is 6.53. The van der Waals surface area contributed by atoms with Gasteiger partial charge < -0.3 is 15.5 Å². The smallest absolute Gasteiger partial charge is 0.0620 e. The summed E-state index contributed by atoms with van der Waals surface area (Å²) in [6.45, 7) is 3.03. The maximum absolute atomic E-state index is 9.21. The third kappa shape index (κ3) is 21.9. The Hall–Kier alpha value is -0.380. The van der Waals surface area contributed by atoms with Crippen LogP contribution >= 0.6 is 0 Å². The van der Waals surface area contributed by atoms with Crippen LogP contribution in [0.4, 0.5) is 0 Å². The lowest BCUT2D eigenvalue weighted by molar-refractivity contribution is 0.244. The number of aliphatic hydroxyl groups is 2. The third-order valence-electron chi connectivity index (χ3n) is 5.56. The third-order valence-corrected chi connectivity index (χ3v) is 5.56. The van der Waals surface area contributed by atoms with Crippen molar-refractivity contribution in [3.05, 3.63) is 12.2 Å². The molecule has 0 rings (SSSR count). The van der Waals surface area contributed by atoms with Crippen molar-refractivity contribution < 1.29 is 10.2 Å². The molecule has 0 aliphatic rings. The van der Waals surface area contributed by atoms with Gasteiger partial charge in [0.2, 0.25) is 0 Å². The van der Waals surface area contributed by atoms with Crippen LogP contribution in [0.2, 0.25) is 0 Å². The van der Waals surface area contributed by atoms with E-state index in [1.807, 2.05) is 6.08 Å². The van der Waals surface area contributed by atoms with Crippen LogP contribution in [0.15, 0.2) is 12.2 Å². The Balaban J connectivity index is 3.17. The molecule has 0 aromatic heterocycles. The monoisotopic (exact) mass is 397 g/mol. The Labute approximate surface area is 176 Å². The minimum Gasteiger partial charge on any atom is -0.395 e. The van der Waals surface area contributed by atoms with Gasteiger partial charge in [-0.05, 0) is 12.8 Å². The van der Waals surface area contributed by atoms with Crippen molar-refractivity contribution in [3.63, 3.8) is 0 Å². The molecule has 0 radical (unpaired) electrons. The van der Waals surface area contributed by atoms with E-state index in [0.29, 0.717) is 6.54 Å². The number of hydrogen-bond donors (Lipinski definition) is 3. The van der Waals surface area contributed by atoms with E-state index in [4.69, 9.17) is 5.11 Å². The fourth-order valence-electron chi connectivity index (χ4n) is 3.69. The molecule has 0 aliphatic carbocycles. The average molecular weight is 398 g/mol. The summed E-state index contributed by atoms with van der Waals surface area (Å²) in [5.74, 6) is 0. The Morgan fingerprint density at radius 2 is 1.07 bits per heavy atom. The maximum Gasteiger partial charge on any atom is 0.0620 e. The molecule has 28 heavy (non-hydrogen) atoms. The van der Waals surface area contributed by atoms with Crippen LogP contribution in [-0.2, 0) is 0 Å². The fraction of sp³-hybridized carbons (Fsp3) is 0.920. The van der Waals surface area contributed by atoms with Gasteiger partial charge in [0.05, 0.1) is 13.2 Å². The minimum atomic E-state index is -0.0158. The SMILES string of the molecule is CCCCCCCCCCCCCCCCCCC/C=C/C(CO)NCCO. The summed E-state index contributed by atoms with van der Waals surface area (Å²) in [5.41, 5.74) is 0. The summed E-state index contributed by atoms with van der Waals surface area (Å²) in [6.07, 6.45) is 29.2. The van der Waals surface area contributed by atoms with E-state index in [1.165, 1.54) is 109 Å². The number of unbranched alkanes of at least 4 members (excludes halogenated alkanes) is 17. The first kappa shape index (κ1) is 27.6. The maximum atomic E-state index is 9.21. The van der Waals surface area contributed by atoms with Crippen LogP contribution in [0.5, 0.6) is 0 Å². The molecule has 0 heterocycles. The minimum absolute atomic E-state index is 0.0158. The van der Waals surface area contributed by atoms with E-state index in [0.717, 1.165) is 6.42 Å². The molecule has 0 aromatic rings. The molecule has 3 N–H and O–H groups in total. The van der Waals surface area contributed by atoms with Crippen LogP contribution in [0, 0.1) is 0 Å². The lowest BCUT2D eigenvalue weighted by atomic mass is 10.0. The largest absolute Gasteiger partial charge is 0.395 e. The van der Waals surface area contributed by atoms with E-state index >= 15 is 0 Å². The second-order valence-corrected chi connectivity index (χ2v) is 8.34. The predicted molar refractivity (Wildman–Crippen MR) is 124 cm³/mol. The zero-order valence-electron chi connectivity index (χ0n) is 19.0. The average Bonchev–Trinajstić information content (AvgIpc) is 2.72. The first-order valence-corrected chi connectivity index (χ1v) is 12.5. The van der Waals surface area contributed by atoms with Gasteiger partial charge in [0, 0.05) is 12.6 Å². The molecule has 1 atom stereocenters. The Morgan fingerprint density at radius 1 is 0.643 bits per heavy atom. The lowest BCUT2D eigenvalue weighted by Crippen LogP contribution is -2.32. The molecule has 3 nitrogen and oxygen atoms in total. The molecule has 0 spiro atoms. The highest BCUT2D eigenvalue weighted by Crippen LogP contribution is 2.14. The van der Waals surface area contributed by atoms with Crippen molar-refractivity contribution in [2.24, 2.45) is 0 Å². The molecular formula is C25H51NO2. The van der Waals surface area contributed by atoms with Gasteiger partial charge in [-0.15, -0.1) is 0 Å². The van der Waals surface area contributed by atoms with E-state index in [9.17, 15) is 5.11 Å². The van der Waals surface area contributed by atoms with E-state index in [1.54, 1.807) is 0 Å². The zero-order chi connectivity index (χ0) is 20.5. The van der Waals surface area contributed by atoms with Crippen LogP contribution < -0.4 is 5.32 Å². The van der Waals surface area contributed by atoms with Gasteiger partial charge in [-0.3, -0.25) is 0 Å². The summed E-state index contributed by atoms with van der Waals surface area (Å²) in [6, 6.07) is -0.0158. The molecule has 0 fully saturated rings. The molecule has 3 heteroatoms. The molecule has 0 amide bonds. The van der Waals surface area contributed by atoms with Crippen LogP contribution in [-0.4, -0.2) is 36.0 Å². The summed E-state index contributed by atoms with van der Waals surface area (Å²) in [4.78, 5) is 0. The van der Waals surface area contributed by atoms with Crippen molar-refractivity contribution in [3.8, 4) is 0 Å². The fourth-order valence-corrected chi connectivity index (χ4v) is 3.69. The highest BCUT2D eigenvalue weighted by Gasteiger charge is 1.99. The van der Waals surface area contributed by atoms with Crippen molar-refractivity contribution in [2.75, 3.05) is 19.8 Å². The van der Waals surface area contributed by atoms with Crippen LogP contribution in [0.25, 0.3) is 0 Å². The van der Waals surface area contributed by atoms with Crippen molar-refractivity contribution >= 4 is 0 Å². The van der Waals surface area contributed by atoms with Crippen molar-refractivity contribution in [1.82, 2.24) is 5.32 Å². The normalized spacial score (nSPS) is 12.8. The Kier molecular flexibility index (Phi) is 24.3. The van der Waals surface area contributed by atoms with Crippen molar-refractivity contribution in [1.29, 1.82) is 0 Å². The van der Waals surface area contributed by atoms with Gasteiger partial charge in [-0.25, -0.2) is 0 Å². The first-order valence-electron chi connectivity index (χ1n) is 12.5. The van der Waals surface area contributed by atoms with Crippen LogP contribution in [0.1, 0.15) is 122 Å². The first-order chi connectivity index (χ1) is 13.8. The van der Waals surface area contributed by atoms with Crippen LogP contribution in [0.3, 0.4) is 0 Å². The van der Waals surface area contributed by atoms with E-state index < -0.39 is 0 Å². The van der Waals surface area contributed by atoms with Gasteiger partial charge >= 0.3 is 0 Å². The number of allylic oxidation sites excluding steroid dienone is 1. The molecule has 0 saturated heterocycles. The summed E-state index contributed by atoms with van der Waals surface area (Å²) in [7, 11) is 0. The number of hydrogen-bond acceptors (Lipinski definition) is 3. The summed E-state index contributed by atoms with van der Waals surface area (Å²) >= 11 is 0. The molecule has 0 aromatic carbocycles. The standard InChI is InChI=1S/C25H51NO2/c1-2-3-4-5-6-7-8-9-10-11-12-13-14-15-16-17-18-19-20-21-25(24-28)26-22-23-27/h20-21,25-28H,2-19,22-24H2,1H3/b21-20+. The second kappa shape index (κ2) is 24.7.